The van der Waals surface area contributed by atoms with E-state index >= 15 is 0 Å². The Morgan fingerprint density at radius 2 is 2.29 bits per heavy atom. The summed E-state index contributed by atoms with van der Waals surface area (Å²) in [6.07, 6.45) is -0.919. The third-order valence-electron chi connectivity index (χ3n) is 1.82. The maximum atomic E-state index is 13.3. The van der Waals surface area contributed by atoms with E-state index in [2.05, 4.69) is 15.9 Å². The number of benzene rings is 1. The number of methoxy groups -OCH3 is 1. The van der Waals surface area contributed by atoms with Gasteiger partial charge in [-0.3, -0.25) is 0 Å². The highest BCUT2D eigenvalue weighted by molar-refractivity contribution is 9.10. The van der Waals surface area contributed by atoms with Crippen molar-refractivity contribution in [2.24, 2.45) is 5.73 Å². The van der Waals surface area contributed by atoms with E-state index < -0.39 is 11.9 Å². The minimum absolute atomic E-state index is 0.0201. The van der Waals surface area contributed by atoms with Crippen LogP contribution >= 0.6 is 15.9 Å². The Labute approximate surface area is 89.8 Å². The van der Waals surface area contributed by atoms with Crippen LogP contribution in [-0.2, 0) is 0 Å². The molecule has 0 amide bonds. The Kier molecular flexibility index (Phi) is 3.86. The first kappa shape index (κ1) is 11.4. The Hall–Kier alpha value is -0.650. The van der Waals surface area contributed by atoms with E-state index in [0.29, 0.717) is 10.0 Å². The third-order valence-corrected chi connectivity index (χ3v) is 2.28. The maximum Gasteiger partial charge on any atom is 0.166 e. The van der Waals surface area contributed by atoms with Gasteiger partial charge in [0.2, 0.25) is 0 Å². The summed E-state index contributed by atoms with van der Waals surface area (Å²) < 4.78 is 18.7. The van der Waals surface area contributed by atoms with Crippen LogP contribution in [0.25, 0.3) is 0 Å². The molecule has 0 radical (unpaired) electrons. The zero-order chi connectivity index (χ0) is 10.7. The molecular formula is C9H11BrFNO2. The van der Waals surface area contributed by atoms with Crippen LogP contribution in [0.3, 0.4) is 0 Å². The van der Waals surface area contributed by atoms with E-state index in [9.17, 15) is 9.50 Å². The molecule has 5 heteroatoms. The standard InChI is InChI=1S/C9H11BrFNO2/c1-14-9-6(8(13)4-12)2-5(10)3-7(9)11/h2-3,8,13H,4,12H2,1H3. The summed E-state index contributed by atoms with van der Waals surface area (Å²) >= 11 is 3.13. The molecule has 0 spiro atoms. The van der Waals surface area contributed by atoms with Crippen molar-refractivity contribution in [1.82, 2.24) is 0 Å². The number of nitrogens with two attached hydrogens (primary N) is 1. The Bertz CT molecular complexity index is 333. The first-order chi connectivity index (χ1) is 6.60. The van der Waals surface area contributed by atoms with Gasteiger partial charge in [0.05, 0.1) is 13.2 Å². The van der Waals surface area contributed by atoms with Crippen LogP contribution in [0.5, 0.6) is 5.75 Å². The van der Waals surface area contributed by atoms with Crippen molar-refractivity contribution >= 4 is 15.9 Å². The van der Waals surface area contributed by atoms with Crippen molar-refractivity contribution in [3.8, 4) is 5.75 Å². The first-order valence-corrected chi connectivity index (χ1v) is 4.80. The lowest BCUT2D eigenvalue weighted by Crippen LogP contribution is -2.13. The molecule has 0 saturated heterocycles. The summed E-state index contributed by atoms with van der Waals surface area (Å²) in [4.78, 5) is 0. The number of aliphatic hydroxyl groups excluding tert-OH is 1. The predicted molar refractivity (Wildman–Crippen MR) is 54.7 cm³/mol. The van der Waals surface area contributed by atoms with Crippen LogP contribution in [0.1, 0.15) is 11.7 Å². The van der Waals surface area contributed by atoms with E-state index in [1.807, 2.05) is 0 Å². The molecule has 0 aliphatic heterocycles. The molecule has 0 bridgehead atoms. The topological polar surface area (TPSA) is 55.5 Å². The van der Waals surface area contributed by atoms with E-state index in [4.69, 9.17) is 10.5 Å². The van der Waals surface area contributed by atoms with Gasteiger partial charge >= 0.3 is 0 Å². The molecule has 1 atom stereocenters. The minimum atomic E-state index is -0.919. The molecule has 0 aliphatic rings. The van der Waals surface area contributed by atoms with Crippen molar-refractivity contribution in [3.05, 3.63) is 28.0 Å². The van der Waals surface area contributed by atoms with Gasteiger partial charge in [0.25, 0.3) is 0 Å². The second kappa shape index (κ2) is 4.72. The smallest absolute Gasteiger partial charge is 0.166 e. The summed E-state index contributed by atoms with van der Waals surface area (Å²) in [6, 6.07) is 2.85. The van der Waals surface area contributed by atoms with E-state index in [1.54, 1.807) is 6.07 Å². The van der Waals surface area contributed by atoms with Gasteiger partial charge in [-0.1, -0.05) is 15.9 Å². The highest BCUT2D eigenvalue weighted by Gasteiger charge is 2.16. The average Bonchev–Trinajstić information content (AvgIpc) is 2.15. The molecule has 1 unspecified atom stereocenters. The third kappa shape index (κ3) is 2.23. The van der Waals surface area contributed by atoms with Crippen LogP contribution in [0.2, 0.25) is 0 Å². The summed E-state index contributed by atoms with van der Waals surface area (Å²) in [6.45, 7) is 0.0201. The first-order valence-electron chi connectivity index (χ1n) is 4.01. The molecule has 14 heavy (non-hydrogen) atoms. The van der Waals surface area contributed by atoms with Gasteiger partial charge in [-0.15, -0.1) is 0 Å². The van der Waals surface area contributed by atoms with Crippen LogP contribution in [-0.4, -0.2) is 18.8 Å². The monoisotopic (exact) mass is 263 g/mol. The number of halogens is 2. The largest absolute Gasteiger partial charge is 0.493 e. The average molecular weight is 264 g/mol. The van der Waals surface area contributed by atoms with Gasteiger partial charge in [0.15, 0.2) is 11.6 Å². The fourth-order valence-corrected chi connectivity index (χ4v) is 1.62. The number of aliphatic hydroxyl groups is 1. The lowest BCUT2D eigenvalue weighted by atomic mass is 10.1. The van der Waals surface area contributed by atoms with Crippen LogP contribution in [0.4, 0.5) is 4.39 Å². The molecule has 0 heterocycles. The molecule has 78 valence electrons. The molecule has 1 aromatic rings. The molecule has 0 saturated carbocycles. The number of ether oxygens (including phenoxy) is 1. The highest BCUT2D eigenvalue weighted by atomic mass is 79.9. The second-order valence-corrected chi connectivity index (χ2v) is 3.68. The van der Waals surface area contributed by atoms with Gasteiger partial charge in [-0.25, -0.2) is 4.39 Å². The highest BCUT2D eigenvalue weighted by Crippen LogP contribution is 2.31. The lowest BCUT2D eigenvalue weighted by Gasteiger charge is -2.14. The summed E-state index contributed by atoms with van der Waals surface area (Å²) in [5, 5.41) is 9.50. The zero-order valence-corrected chi connectivity index (χ0v) is 9.21. The molecule has 3 N–H and O–H groups in total. The molecule has 3 nitrogen and oxygen atoms in total. The number of hydrogen-bond donors (Lipinski definition) is 2. The normalized spacial score (nSPS) is 12.6. The van der Waals surface area contributed by atoms with E-state index in [1.165, 1.54) is 13.2 Å². The van der Waals surface area contributed by atoms with Crippen molar-refractivity contribution < 1.29 is 14.2 Å². The van der Waals surface area contributed by atoms with Gasteiger partial charge in [0.1, 0.15) is 0 Å². The summed E-state index contributed by atoms with van der Waals surface area (Å²) in [5.74, 6) is -0.490. The number of rotatable bonds is 3. The van der Waals surface area contributed by atoms with E-state index in [-0.39, 0.29) is 12.3 Å². The quantitative estimate of drug-likeness (QED) is 0.871. The summed E-state index contributed by atoms with van der Waals surface area (Å²) in [5.41, 5.74) is 5.63. The second-order valence-electron chi connectivity index (χ2n) is 2.76. The zero-order valence-electron chi connectivity index (χ0n) is 7.63. The van der Waals surface area contributed by atoms with Crippen molar-refractivity contribution in [2.75, 3.05) is 13.7 Å². The van der Waals surface area contributed by atoms with Crippen LogP contribution in [0.15, 0.2) is 16.6 Å². The molecule has 1 aromatic carbocycles. The van der Waals surface area contributed by atoms with E-state index in [0.717, 1.165) is 0 Å². The van der Waals surface area contributed by atoms with Crippen LogP contribution in [0, 0.1) is 5.82 Å². The minimum Gasteiger partial charge on any atom is -0.493 e. The Balaban J connectivity index is 3.24. The Morgan fingerprint density at radius 1 is 1.64 bits per heavy atom. The maximum absolute atomic E-state index is 13.3. The SMILES string of the molecule is COc1c(F)cc(Br)cc1C(O)CN. The molecule has 0 aliphatic carbocycles. The molecule has 0 aromatic heterocycles. The van der Waals surface area contributed by atoms with Crippen molar-refractivity contribution in [3.63, 3.8) is 0 Å². The van der Waals surface area contributed by atoms with Gasteiger partial charge < -0.3 is 15.6 Å². The predicted octanol–water partition coefficient (Wildman–Crippen LogP) is 1.59. The summed E-state index contributed by atoms with van der Waals surface area (Å²) in [7, 11) is 1.35. The van der Waals surface area contributed by atoms with Gasteiger partial charge in [-0.2, -0.15) is 0 Å². The fourth-order valence-electron chi connectivity index (χ4n) is 1.17. The fraction of sp³-hybridized carbons (Fsp3) is 0.333. The number of hydrogen-bond acceptors (Lipinski definition) is 3. The van der Waals surface area contributed by atoms with Crippen molar-refractivity contribution in [1.29, 1.82) is 0 Å². The molecule has 1 rings (SSSR count). The molecule has 0 fully saturated rings. The van der Waals surface area contributed by atoms with Gasteiger partial charge in [0, 0.05) is 16.6 Å². The van der Waals surface area contributed by atoms with Crippen molar-refractivity contribution in [2.45, 2.75) is 6.10 Å². The van der Waals surface area contributed by atoms with Gasteiger partial charge in [-0.05, 0) is 12.1 Å². The van der Waals surface area contributed by atoms with Crippen LogP contribution < -0.4 is 10.5 Å². The Morgan fingerprint density at radius 3 is 2.79 bits per heavy atom. The molecular weight excluding hydrogens is 253 g/mol. The lowest BCUT2D eigenvalue weighted by molar-refractivity contribution is 0.181.